The average Bonchev–Trinajstić information content (AvgIpc) is 2.49. The van der Waals surface area contributed by atoms with Gasteiger partial charge in [-0.05, 0) is 43.4 Å². The molecule has 2 rings (SSSR count). The lowest BCUT2D eigenvalue weighted by Crippen LogP contribution is -2.42. The lowest BCUT2D eigenvalue weighted by molar-refractivity contribution is 0.259. The molecule has 0 saturated carbocycles. The zero-order chi connectivity index (χ0) is 15.3. The molecule has 1 aliphatic heterocycles. The molecule has 114 valence electrons. The molecule has 1 unspecified atom stereocenters. The van der Waals surface area contributed by atoms with Crippen molar-refractivity contribution in [2.24, 2.45) is 4.99 Å². The van der Waals surface area contributed by atoms with Crippen LogP contribution in [-0.2, 0) is 21.2 Å². The normalized spacial score (nSPS) is 20.0. The summed E-state index contributed by atoms with van der Waals surface area (Å²) >= 11 is 0. The molecule has 1 fully saturated rings. The van der Waals surface area contributed by atoms with Crippen molar-refractivity contribution >= 4 is 16.1 Å². The van der Waals surface area contributed by atoms with E-state index in [9.17, 15) is 13.2 Å². The fraction of sp³-hybridized carbons (Fsp3) is 0.533. The molecule has 0 amide bonds. The Morgan fingerprint density at radius 2 is 2.00 bits per heavy atom. The van der Waals surface area contributed by atoms with E-state index in [-0.39, 0.29) is 4.90 Å². The number of hydrogen-bond donors (Lipinski definition) is 0. The van der Waals surface area contributed by atoms with Gasteiger partial charge in [-0.3, -0.25) is 0 Å². The van der Waals surface area contributed by atoms with Gasteiger partial charge in [-0.25, -0.2) is 13.2 Å². The molecular formula is C15H20N2O3S. The Morgan fingerprint density at radius 1 is 1.29 bits per heavy atom. The Bertz CT molecular complexity index is 619. The molecule has 5 nitrogen and oxygen atoms in total. The van der Waals surface area contributed by atoms with Crippen molar-refractivity contribution in [2.45, 2.75) is 50.1 Å². The zero-order valence-corrected chi connectivity index (χ0v) is 13.0. The first kappa shape index (κ1) is 15.9. The van der Waals surface area contributed by atoms with E-state index in [1.165, 1.54) is 10.4 Å². The van der Waals surface area contributed by atoms with Crippen molar-refractivity contribution < 1.29 is 13.2 Å². The minimum atomic E-state index is -3.60. The van der Waals surface area contributed by atoms with Crippen LogP contribution in [0.5, 0.6) is 0 Å². The number of hydrogen-bond acceptors (Lipinski definition) is 4. The SMILES string of the molecule is CCCc1ccc(S(=O)(=O)N2CCCCC2N=C=O)cc1. The van der Waals surface area contributed by atoms with E-state index in [1.807, 2.05) is 12.1 Å². The van der Waals surface area contributed by atoms with Gasteiger partial charge < -0.3 is 0 Å². The summed E-state index contributed by atoms with van der Waals surface area (Å²) in [5.41, 5.74) is 1.12. The summed E-state index contributed by atoms with van der Waals surface area (Å²) in [5.74, 6) is 0. The van der Waals surface area contributed by atoms with Gasteiger partial charge in [0.1, 0.15) is 6.17 Å². The van der Waals surface area contributed by atoms with Gasteiger partial charge >= 0.3 is 0 Å². The fourth-order valence-electron chi connectivity index (χ4n) is 2.61. The lowest BCUT2D eigenvalue weighted by atomic mass is 10.1. The zero-order valence-electron chi connectivity index (χ0n) is 12.2. The molecule has 1 aliphatic rings. The maximum Gasteiger partial charge on any atom is 0.244 e. The second-order valence-corrected chi connectivity index (χ2v) is 7.10. The minimum absolute atomic E-state index is 0.260. The molecule has 0 aromatic heterocycles. The monoisotopic (exact) mass is 308 g/mol. The highest BCUT2D eigenvalue weighted by Crippen LogP contribution is 2.26. The van der Waals surface area contributed by atoms with E-state index in [0.717, 1.165) is 31.2 Å². The van der Waals surface area contributed by atoms with Crippen molar-refractivity contribution in [1.29, 1.82) is 0 Å². The fourth-order valence-corrected chi connectivity index (χ4v) is 4.20. The van der Waals surface area contributed by atoms with Crippen LogP contribution < -0.4 is 0 Å². The number of isocyanates is 1. The Morgan fingerprint density at radius 3 is 2.62 bits per heavy atom. The molecule has 1 atom stereocenters. The minimum Gasteiger partial charge on any atom is -0.211 e. The van der Waals surface area contributed by atoms with Crippen molar-refractivity contribution in [3.05, 3.63) is 29.8 Å². The molecule has 1 aromatic carbocycles. The van der Waals surface area contributed by atoms with Crippen molar-refractivity contribution in [2.75, 3.05) is 6.54 Å². The number of sulfonamides is 1. The maximum absolute atomic E-state index is 12.7. The summed E-state index contributed by atoms with van der Waals surface area (Å²) < 4.78 is 26.7. The van der Waals surface area contributed by atoms with Gasteiger partial charge in [0.2, 0.25) is 16.1 Å². The molecule has 1 heterocycles. The summed E-state index contributed by atoms with van der Waals surface area (Å²) in [6.45, 7) is 2.48. The third kappa shape index (κ3) is 3.59. The Hall–Kier alpha value is -1.49. The summed E-state index contributed by atoms with van der Waals surface area (Å²) in [4.78, 5) is 14.4. The molecule has 1 saturated heterocycles. The third-order valence-electron chi connectivity index (χ3n) is 3.69. The van der Waals surface area contributed by atoms with E-state index in [2.05, 4.69) is 11.9 Å². The first-order valence-electron chi connectivity index (χ1n) is 7.27. The van der Waals surface area contributed by atoms with Gasteiger partial charge in [0.05, 0.1) is 4.90 Å². The van der Waals surface area contributed by atoms with Crippen LogP contribution in [0.2, 0.25) is 0 Å². The van der Waals surface area contributed by atoms with Crippen molar-refractivity contribution in [3.8, 4) is 0 Å². The van der Waals surface area contributed by atoms with Crippen molar-refractivity contribution in [3.63, 3.8) is 0 Å². The molecular weight excluding hydrogens is 288 g/mol. The Balaban J connectivity index is 2.28. The van der Waals surface area contributed by atoms with Gasteiger partial charge in [-0.2, -0.15) is 9.30 Å². The van der Waals surface area contributed by atoms with Gasteiger partial charge in [-0.1, -0.05) is 25.5 Å². The second kappa shape index (κ2) is 6.98. The summed E-state index contributed by atoms with van der Waals surface area (Å²) in [5, 5.41) is 0. The molecule has 1 aromatic rings. The molecule has 0 aliphatic carbocycles. The van der Waals surface area contributed by atoms with E-state index in [4.69, 9.17) is 0 Å². The van der Waals surface area contributed by atoms with Gasteiger partial charge in [0.15, 0.2) is 0 Å². The highest BCUT2D eigenvalue weighted by Gasteiger charge is 2.33. The van der Waals surface area contributed by atoms with E-state index >= 15 is 0 Å². The smallest absolute Gasteiger partial charge is 0.211 e. The number of aliphatic imine (C=N–C) groups is 1. The summed E-state index contributed by atoms with van der Waals surface area (Å²) in [6.07, 6.45) is 5.06. The third-order valence-corrected chi connectivity index (χ3v) is 5.60. The van der Waals surface area contributed by atoms with Crippen molar-refractivity contribution in [1.82, 2.24) is 4.31 Å². The van der Waals surface area contributed by atoms with Crippen LogP contribution in [0.1, 0.15) is 38.2 Å². The highest BCUT2D eigenvalue weighted by molar-refractivity contribution is 7.89. The Labute approximate surface area is 125 Å². The van der Waals surface area contributed by atoms with Crippen LogP contribution >= 0.6 is 0 Å². The standard InChI is InChI=1S/C15H20N2O3S/c1-2-5-13-7-9-14(10-8-13)21(19,20)17-11-4-3-6-15(17)16-12-18/h7-10,15H,2-6,11H2,1H3. The molecule has 0 spiro atoms. The van der Waals surface area contributed by atoms with Gasteiger partial charge in [-0.15, -0.1) is 0 Å². The van der Waals surface area contributed by atoms with E-state index in [1.54, 1.807) is 12.1 Å². The Kier molecular flexibility index (Phi) is 5.28. The van der Waals surface area contributed by atoms with E-state index in [0.29, 0.717) is 13.0 Å². The molecule has 0 bridgehead atoms. The van der Waals surface area contributed by atoms with Crippen LogP contribution in [0, 0.1) is 0 Å². The highest BCUT2D eigenvalue weighted by atomic mass is 32.2. The largest absolute Gasteiger partial charge is 0.244 e. The molecule has 6 heteroatoms. The average molecular weight is 308 g/mol. The molecule has 0 N–H and O–H groups in total. The lowest BCUT2D eigenvalue weighted by Gasteiger charge is -2.31. The molecule has 21 heavy (non-hydrogen) atoms. The predicted molar refractivity (Wildman–Crippen MR) is 80.1 cm³/mol. The number of nitrogens with zero attached hydrogens (tertiary/aromatic N) is 2. The van der Waals surface area contributed by atoms with E-state index < -0.39 is 16.2 Å². The van der Waals surface area contributed by atoms with Crippen LogP contribution in [-0.4, -0.2) is 31.5 Å². The molecule has 0 radical (unpaired) electrons. The van der Waals surface area contributed by atoms with Gasteiger partial charge in [0, 0.05) is 6.54 Å². The van der Waals surface area contributed by atoms with Crippen LogP contribution in [0.25, 0.3) is 0 Å². The summed E-state index contributed by atoms with van der Waals surface area (Å²) in [6, 6.07) is 6.96. The number of rotatable bonds is 5. The van der Waals surface area contributed by atoms with Crippen LogP contribution in [0.4, 0.5) is 0 Å². The summed E-state index contributed by atoms with van der Waals surface area (Å²) in [7, 11) is -3.60. The first-order chi connectivity index (χ1) is 10.1. The maximum atomic E-state index is 12.7. The topological polar surface area (TPSA) is 66.8 Å². The van der Waals surface area contributed by atoms with Gasteiger partial charge in [0.25, 0.3) is 0 Å². The second-order valence-electron chi connectivity index (χ2n) is 5.21. The van der Waals surface area contributed by atoms with Crippen LogP contribution in [0.15, 0.2) is 34.2 Å². The number of carbonyl (C=O) groups excluding carboxylic acids is 1. The number of benzene rings is 1. The number of piperidine rings is 1. The number of aryl methyl sites for hydroxylation is 1. The first-order valence-corrected chi connectivity index (χ1v) is 8.71. The van der Waals surface area contributed by atoms with Crippen LogP contribution in [0.3, 0.4) is 0 Å². The quantitative estimate of drug-likeness (QED) is 0.620. The predicted octanol–water partition coefficient (Wildman–Crippen LogP) is 2.48.